The number of likely N-dealkylation sites (N-methyl/N-ethyl adjacent to an activating group) is 1. The van der Waals surface area contributed by atoms with Crippen molar-refractivity contribution in [2.45, 2.75) is 25.8 Å². The van der Waals surface area contributed by atoms with Crippen molar-refractivity contribution in [3.63, 3.8) is 0 Å². The molecule has 1 heterocycles. The second kappa shape index (κ2) is 8.29. The molecule has 0 fully saturated rings. The van der Waals surface area contributed by atoms with Crippen LogP contribution in [0.5, 0.6) is 11.5 Å². The Morgan fingerprint density at radius 2 is 1.76 bits per heavy atom. The summed E-state index contributed by atoms with van der Waals surface area (Å²) >= 11 is 6.20. The number of fused-ring (bicyclic) bond motifs is 1. The molecule has 3 rings (SSSR count). The maximum atomic E-state index is 13.5. The van der Waals surface area contributed by atoms with Gasteiger partial charge in [0.25, 0.3) is 5.91 Å². The number of benzene rings is 2. The number of hydrogen-bond donors (Lipinski definition) is 1. The van der Waals surface area contributed by atoms with E-state index in [1.807, 2.05) is 0 Å². The SMILES string of the molecule is CCOc1cc2c(cc1OCC)[C@H](C(=O)O)[C@H](c1ccc(F)cc1Cl)N(C)C2=O. The third-order valence-electron chi connectivity index (χ3n) is 4.88. The minimum absolute atomic E-state index is 0.0559. The van der Waals surface area contributed by atoms with Gasteiger partial charge in [0, 0.05) is 17.6 Å². The summed E-state index contributed by atoms with van der Waals surface area (Å²) in [5.74, 6) is -2.45. The van der Waals surface area contributed by atoms with Crippen molar-refractivity contribution in [3.8, 4) is 11.5 Å². The lowest BCUT2D eigenvalue weighted by molar-refractivity contribution is -0.140. The van der Waals surface area contributed by atoms with Crippen molar-refractivity contribution in [2.75, 3.05) is 20.3 Å². The smallest absolute Gasteiger partial charge is 0.313 e. The maximum absolute atomic E-state index is 13.5. The number of nitrogens with zero attached hydrogens (tertiary/aromatic N) is 1. The van der Waals surface area contributed by atoms with E-state index in [0.29, 0.717) is 35.8 Å². The summed E-state index contributed by atoms with van der Waals surface area (Å²) in [6, 6.07) is 5.85. The maximum Gasteiger partial charge on any atom is 0.313 e. The van der Waals surface area contributed by atoms with E-state index in [1.165, 1.54) is 36.2 Å². The summed E-state index contributed by atoms with van der Waals surface area (Å²) in [6.07, 6.45) is 0. The van der Waals surface area contributed by atoms with E-state index in [4.69, 9.17) is 21.1 Å². The largest absolute Gasteiger partial charge is 0.490 e. The van der Waals surface area contributed by atoms with Crippen LogP contribution in [-0.2, 0) is 4.79 Å². The van der Waals surface area contributed by atoms with Crippen LogP contribution in [0.3, 0.4) is 0 Å². The minimum Gasteiger partial charge on any atom is -0.490 e. The third-order valence-corrected chi connectivity index (χ3v) is 5.21. The normalized spacial score (nSPS) is 18.4. The van der Waals surface area contributed by atoms with E-state index in [2.05, 4.69) is 0 Å². The summed E-state index contributed by atoms with van der Waals surface area (Å²) in [7, 11) is 1.50. The highest BCUT2D eigenvalue weighted by molar-refractivity contribution is 6.31. The standard InChI is InChI=1S/C21H21ClFNO5/c1-4-28-16-9-13-14(10-17(16)29-5-2)20(25)24(3)19(18(13)21(26)27)12-7-6-11(23)8-15(12)22/h6-10,18-19H,4-5H2,1-3H3,(H,26,27)/t18-,19-/m0/s1. The Hall–Kier alpha value is -2.80. The molecule has 6 nitrogen and oxygen atoms in total. The topological polar surface area (TPSA) is 76.1 Å². The molecule has 1 N–H and O–H groups in total. The molecule has 1 amide bonds. The lowest BCUT2D eigenvalue weighted by Crippen LogP contribution is -2.42. The lowest BCUT2D eigenvalue weighted by Gasteiger charge is -2.39. The average Bonchev–Trinajstić information content (AvgIpc) is 2.66. The molecule has 2 aromatic carbocycles. The van der Waals surface area contributed by atoms with Crippen molar-refractivity contribution in [3.05, 3.63) is 57.9 Å². The molecule has 154 valence electrons. The number of carboxylic acids is 1. The van der Waals surface area contributed by atoms with Crippen LogP contribution >= 0.6 is 11.6 Å². The first kappa shape index (κ1) is 20.9. The Morgan fingerprint density at radius 1 is 1.14 bits per heavy atom. The van der Waals surface area contributed by atoms with Gasteiger partial charge in [-0.1, -0.05) is 17.7 Å². The Labute approximate surface area is 172 Å². The molecule has 2 atom stereocenters. The molecule has 2 aromatic rings. The Balaban J connectivity index is 2.23. The van der Waals surface area contributed by atoms with Gasteiger partial charge >= 0.3 is 5.97 Å². The van der Waals surface area contributed by atoms with E-state index < -0.39 is 23.7 Å². The van der Waals surface area contributed by atoms with Crippen LogP contribution in [0.25, 0.3) is 0 Å². The summed E-state index contributed by atoms with van der Waals surface area (Å²) in [6.45, 7) is 4.30. The molecule has 0 saturated heterocycles. The number of hydrogen-bond acceptors (Lipinski definition) is 4. The van der Waals surface area contributed by atoms with Gasteiger partial charge in [-0.05, 0) is 49.2 Å². The Morgan fingerprint density at radius 3 is 2.31 bits per heavy atom. The Kier molecular flexibility index (Phi) is 5.98. The fourth-order valence-corrected chi connectivity index (χ4v) is 3.94. The summed E-state index contributed by atoms with van der Waals surface area (Å²) in [5, 5.41) is 10.1. The summed E-state index contributed by atoms with van der Waals surface area (Å²) in [5.41, 5.74) is 0.882. The van der Waals surface area contributed by atoms with Gasteiger partial charge in [0.1, 0.15) is 11.7 Å². The second-order valence-corrected chi connectivity index (χ2v) is 7.00. The van der Waals surface area contributed by atoms with Crippen molar-refractivity contribution in [1.29, 1.82) is 0 Å². The van der Waals surface area contributed by atoms with Gasteiger partial charge in [-0.2, -0.15) is 0 Å². The molecule has 0 aromatic heterocycles. The zero-order valence-corrected chi connectivity index (χ0v) is 17.0. The van der Waals surface area contributed by atoms with Gasteiger partial charge < -0.3 is 19.5 Å². The molecule has 0 aliphatic carbocycles. The van der Waals surface area contributed by atoms with E-state index in [1.54, 1.807) is 13.8 Å². The zero-order chi connectivity index (χ0) is 21.3. The number of carbonyl (C=O) groups is 2. The molecule has 0 radical (unpaired) electrons. The van der Waals surface area contributed by atoms with Gasteiger partial charge in [0.2, 0.25) is 0 Å². The van der Waals surface area contributed by atoms with E-state index in [9.17, 15) is 19.1 Å². The molecule has 29 heavy (non-hydrogen) atoms. The number of carbonyl (C=O) groups excluding carboxylic acids is 1. The van der Waals surface area contributed by atoms with Crippen LogP contribution in [-0.4, -0.2) is 42.1 Å². The number of rotatable bonds is 6. The van der Waals surface area contributed by atoms with Crippen LogP contribution in [0.2, 0.25) is 5.02 Å². The Bertz CT molecular complexity index is 964. The van der Waals surface area contributed by atoms with Gasteiger partial charge in [0.15, 0.2) is 11.5 Å². The fourth-order valence-electron chi connectivity index (χ4n) is 3.66. The van der Waals surface area contributed by atoms with Gasteiger partial charge in [-0.3, -0.25) is 9.59 Å². The first-order valence-corrected chi connectivity index (χ1v) is 9.56. The monoisotopic (exact) mass is 421 g/mol. The molecule has 0 unspecified atom stereocenters. The molecule has 0 saturated carbocycles. The predicted octanol–water partition coefficient (Wildman–Crippen LogP) is 4.27. The molecule has 0 spiro atoms. The van der Waals surface area contributed by atoms with Crippen molar-refractivity contribution >= 4 is 23.5 Å². The van der Waals surface area contributed by atoms with Gasteiger partial charge in [-0.15, -0.1) is 0 Å². The number of halogens is 2. The molecular formula is C21H21ClFNO5. The highest BCUT2D eigenvalue weighted by Crippen LogP contribution is 2.47. The van der Waals surface area contributed by atoms with Crippen LogP contribution < -0.4 is 9.47 Å². The fraction of sp³-hybridized carbons (Fsp3) is 0.333. The van der Waals surface area contributed by atoms with Gasteiger partial charge in [0.05, 0.1) is 19.3 Å². The summed E-state index contributed by atoms with van der Waals surface area (Å²) in [4.78, 5) is 26.7. The van der Waals surface area contributed by atoms with Crippen molar-refractivity contribution in [2.24, 2.45) is 0 Å². The first-order chi connectivity index (χ1) is 13.8. The van der Waals surface area contributed by atoms with Crippen molar-refractivity contribution in [1.82, 2.24) is 4.90 Å². The highest BCUT2D eigenvalue weighted by atomic mass is 35.5. The second-order valence-electron chi connectivity index (χ2n) is 6.59. The number of aliphatic carboxylic acids is 1. The number of amides is 1. The minimum atomic E-state index is -1.14. The van der Waals surface area contributed by atoms with Crippen molar-refractivity contribution < 1.29 is 28.6 Å². The third kappa shape index (κ3) is 3.74. The van der Waals surface area contributed by atoms with Crippen LogP contribution in [0, 0.1) is 5.82 Å². The zero-order valence-electron chi connectivity index (χ0n) is 16.2. The van der Waals surface area contributed by atoms with E-state index in [0.717, 1.165) is 6.07 Å². The van der Waals surface area contributed by atoms with E-state index >= 15 is 0 Å². The first-order valence-electron chi connectivity index (χ1n) is 9.18. The number of carboxylic acid groups (broad SMARTS) is 1. The molecule has 1 aliphatic heterocycles. The lowest BCUT2D eigenvalue weighted by atomic mass is 9.79. The van der Waals surface area contributed by atoms with Crippen LogP contribution in [0.4, 0.5) is 4.39 Å². The average molecular weight is 422 g/mol. The summed E-state index contributed by atoms with van der Waals surface area (Å²) < 4.78 is 24.7. The molecule has 1 aliphatic rings. The predicted molar refractivity (Wildman–Crippen MR) is 105 cm³/mol. The highest BCUT2D eigenvalue weighted by Gasteiger charge is 2.44. The van der Waals surface area contributed by atoms with Crippen LogP contribution in [0.15, 0.2) is 30.3 Å². The molecule has 0 bridgehead atoms. The van der Waals surface area contributed by atoms with Crippen LogP contribution in [0.1, 0.15) is 47.3 Å². The molecule has 8 heteroatoms. The molecular weight excluding hydrogens is 401 g/mol. The van der Waals surface area contributed by atoms with Gasteiger partial charge in [-0.25, -0.2) is 4.39 Å². The quantitative estimate of drug-likeness (QED) is 0.753. The number of ether oxygens (including phenoxy) is 2. The van der Waals surface area contributed by atoms with E-state index in [-0.39, 0.29) is 16.5 Å².